The SMILES string of the molecule is O=C(Nc1ccc(NCC2CCCO2)cn1)c1ccc(Cl)cc1. The number of benzene rings is 1. The minimum atomic E-state index is -0.214. The quantitative estimate of drug-likeness (QED) is 0.879. The molecule has 1 aliphatic rings. The molecule has 5 nitrogen and oxygen atoms in total. The molecule has 1 aromatic carbocycles. The smallest absolute Gasteiger partial charge is 0.256 e. The molecule has 1 amide bonds. The van der Waals surface area contributed by atoms with Gasteiger partial charge >= 0.3 is 0 Å². The summed E-state index contributed by atoms with van der Waals surface area (Å²) in [6.07, 6.45) is 4.20. The third-order valence-corrected chi connectivity index (χ3v) is 3.92. The van der Waals surface area contributed by atoms with E-state index in [2.05, 4.69) is 15.6 Å². The lowest BCUT2D eigenvalue weighted by Gasteiger charge is -2.12. The molecule has 0 radical (unpaired) electrons. The Bertz CT molecular complexity index is 653. The Morgan fingerprint density at radius 3 is 2.74 bits per heavy atom. The van der Waals surface area contributed by atoms with Crippen LogP contribution in [0.25, 0.3) is 0 Å². The number of hydrogen-bond donors (Lipinski definition) is 2. The fourth-order valence-corrected chi connectivity index (χ4v) is 2.53. The zero-order valence-corrected chi connectivity index (χ0v) is 13.3. The second-order valence-corrected chi connectivity index (χ2v) is 5.85. The zero-order valence-electron chi connectivity index (χ0n) is 12.6. The molecule has 6 heteroatoms. The van der Waals surface area contributed by atoms with Crippen LogP contribution in [0.15, 0.2) is 42.6 Å². The standard InChI is InChI=1S/C17H18ClN3O2/c18-13-5-3-12(4-6-13)17(22)21-16-8-7-14(10-20-16)19-11-15-2-1-9-23-15/h3-8,10,15,19H,1-2,9,11H2,(H,20,21,22). The molecular weight excluding hydrogens is 314 g/mol. The van der Waals surface area contributed by atoms with Gasteiger partial charge in [0.2, 0.25) is 0 Å². The lowest BCUT2D eigenvalue weighted by atomic mass is 10.2. The number of pyridine rings is 1. The van der Waals surface area contributed by atoms with Crippen LogP contribution in [0.4, 0.5) is 11.5 Å². The molecule has 1 aliphatic heterocycles. The summed E-state index contributed by atoms with van der Waals surface area (Å²) >= 11 is 5.81. The van der Waals surface area contributed by atoms with Crippen LogP contribution in [0, 0.1) is 0 Å². The number of anilines is 2. The van der Waals surface area contributed by atoms with E-state index in [1.807, 2.05) is 6.07 Å². The molecule has 0 spiro atoms. The van der Waals surface area contributed by atoms with Crippen LogP contribution in [0.5, 0.6) is 0 Å². The Morgan fingerprint density at radius 1 is 1.26 bits per heavy atom. The van der Waals surface area contributed by atoms with Crippen LogP contribution in [-0.2, 0) is 4.74 Å². The maximum absolute atomic E-state index is 12.1. The first-order valence-corrected chi connectivity index (χ1v) is 7.97. The minimum Gasteiger partial charge on any atom is -0.381 e. The van der Waals surface area contributed by atoms with E-state index < -0.39 is 0 Å². The van der Waals surface area contributed by atoms with E-state index in [-0.39, 0.29) is 12.0 Å². The molecule has 2 heterocycles. The Hall–Kier alpha value is -2.11. The number of carbonyl (C=O) groups is 1. The number of amides is 1. The molecule has 1 saturated heterocycles. The van der Waals surface area contributed by atoms with Crippen LogP contribution < -0.4 is 10.6 Å². The van der Waals surface area contributed by atoms with E-state index in [1.165, 1.54) is 0 Å². The van der Waals surface area contributed by atoms with Gasteiger partial charge in [0.25, 0.3) is 5.91 Å². The maximum Gasteiger partial charge on any atom is 0.256 e. The van der Waals surface area contributed by atoms with E-state index in [0.29, 0.717) is 16.4 Å². The number of nitrogens with zero attached hydrogens (tertiary/aromatic N) is 1. The third kappa shape index (κ3) is 4.43. The maximum atomic E-state index is 12.1. The molecule has 23 heavy (non-hydrogen) atoms. The average molecular weight is 332 g/mol. The normalized spacial score (nSPS) is 17.0. The molecule has 2 aromatic rings. The fourth-order valence-electron chi connectivity index (χ4n) is 2.40. The third-order valence-electron chi connectivity index (χ3n) is 3.67. The molecule has 1 aromatic heterocycles. The van der Waals surface area contributed by atoms with Crippen molar-refractivity contribution in [3.8, 4) is 0 Å². The van der Waals surface area contributed by atoms with Crippen LogP contribution >= 0.6 is 11.6 Å². The van der Waals surface area contributed by atoms with Crippen molar-refractivity contribution in [2.45, 2.75) is 18.9 Å². The molecule has 120 valence electrons. The van der Waals surface area contributed by atoms with Crippen LogP contribution in [0.1, 0.15) is 23.2 Å². The predicted octanol–water partition coefficient (Wildman–Crippen LogP) is 3.58. The molecule has 0 aliphatic carbocycles. The lowest BCUT2D eigenvalue weighted by molar-refractivity contribution is 0.102. The summed E-state index contributed by atoms with van der Waals surface area (Å²) < 4.78 is 5.56. The van der Waals surface area contributed by atoms with Crippen LogP contribution in [0.2, 0.25) is 5.02 Å². The topological polar surface area (TPSA) is 63.2 Å². The van der Waals surface area contributed by atoms with E-state index in [0.717, 1.165) is 31.7 Å². The van der Waals surface area contributed by atoms with E-state index in [1.54, 1.807) is 36.5 Å². The highest BCUT2D eigenvalue weighted by atomic mass is 35.5. The first-order valence-electron chi connectivity index (χ1n) is 7.59. The Balaban J connectivity index is 1.54. The zero-order chi connectivity index (χ0) is 16.1. The number of halogens is 1. The average Bonchev–Trinajstić information content (AvgIpc) is 3.08. The molecule has 1 fully saturated rings. The van der Waals surface area contributed by atoms with E-state index in [9.17, 15) is 4.79 Å². The number of hydrogen-bond acceptors (Lipinski definition) is 4. The van der Waals surface area contributed by atoms with Gasteiger partial charge in [-0.25, -0.2) is 4.98 Å². The summed E-state index contributed by atoms with van der Waals surface area (Å²) in [5.74, 6) is 0.293. The van der Waals surface area contributed by atoms with Gasteiger partial charge in [-0.3, -0.25) is 4.79 Å². The van der Waals surface area contributed by atoms with Gasteiger partial charge < -0.3 is 15.4 Å². The van der Waals surface area contributed by atoms with Crippen molar-refractivity contribution in [1.29, 1.82) is 0 Å². The van der Waals surface area contributed by atoms with Gasteiger partial charge in [-0.05, 0) is 49.2 Å². The van der Waals surface area contributed by atoms with Gasteiger partial charge in [0.05, 0.1) is 18.0 Å². The summed E-state index contributed by atoms with van der Waals surface area (Å²) in [7, 11) is 0. The number of rotatable bonds is 5. The second-order valence-electron chi connectivity index (χ2n) is 5.41. The van der Waals surface area contributed by atoms with E-state index >= 15 is 0 Å². The molecule has 2 N–H and O–H groups in total. The molecule has 0 saturated carbocycles. The Morgan fingerprint density at radius 2 is 2.09 bits per heavy atom. The first-order chi connectivity index (χ1) is 11.2. The van der Waals surface area contributed by atoms with Crippen molar-refractivity contribution in [1.82, 2.24) is 4.98 Å². The summed E-state index contributed by atoms with van der Waals surface area (Å²) in [6.45, 7) is 1.62. The molecule has 1 atom stereocenters. The van der Waals surface area contributed by atoms with E-state index in [4.69, 9.17) is 16.3 Å². The highest BCUT2D eigenvalue weighted by Gasteiger charge is 2.14. The van der Waals surface area contributed by atoms with Crippen molar-refractivity contribution in [3.05, 3.63) is 53.2 Å². The van der Waals surface area contributed by atoms with Crippen molar-refractivity contribution in [2.24, 2.45) is 0 Å². The number of ether oxygens (including phenoxy) is 1. The largest absolute Gasteiger partial charge is 0.381 e. The van der Waals surface area contributed by atoms with Crippen molar-refractivity contribution < 1.29 is 9.53 Å². The van der Waals surface area contributed by atoms with Crippen LogP contribution in [-0.4, -0.2) is 30.1 Å². The molecule has 1 unspecified atom stereocenters. The minimum absolute atomic E-state index is 0.214. The second kappa shape index (κ2) is 7.44. The Labute approximate surface area is 140 Å². The number of nitrogens with one attached hydrogen (secondary N) is 2. The van der Waals surface area contributed by atoms with Gasteiger partial charge in [0.15, 0.2) is 0 Å². The molecule has 0 bridgehead atoms. The summed E-state index contributed by atoms with van der Waals surface area (Å²) in [4.78, 5) is 16.3. The highest BCUT2D eigenvalue weighted by molar-refractivity contribution is 6.30. The first kappa shape index (κ1) is 15.8. The summed E-state index contributed by atoms with van der Waals surface area (Å²) in [5, 5.41) is 6.65. The summed E-state index contributed by atoms with van der Waals surface area (Å²) in [6, 6.07) is 10.4. The van der Waals surface area contributed by atoms with Crippen molar-refractivity contribution in [3.63, 3.8) is 0 Å². The number of carbonyl (C=O) groups excluding carboxylic acids is 1. The van der Waals surface area contributed by atoms with Gasteiger partial charge in [-0.15, -0.1) is 0 Å². The molecular formula is C17H18ClN3O2. The summed E-state index contributed by atoms with van der Waals surface area (Å²) in [5.41, 5.74) is 1.45. The van der Waals surface area contributed by atoms with Crippen LogP contribution in [0.3, 0.4) is 0 Å². The van der Waals surface area contributed by atoms with Gasteiger partial charge in [0.1, 0.15) is 5.82 Å². The van der Waals surface area contributed by atoms with Gasteiger partial charge in [-0.1, -0.05) is 11.6 Å². The van der Waals surface area contributed by atoms with Crippen molar-refractivity contribution in [2.75, 3.05) is 23.8 Å². The van der Waals surface area contributed by atoms with Gasteiger partial charge in [0, 0.05) is 23.7 Å². The van der Waals surface area contributed by atoms with Gasteiger partial charge in [-0.2, -0.15) is 0 Å². The highest BCUT2D eigenvalue weighted by Crippen LogP contribution is 2.15. The predicted molar refractivity (Wildman–Crippen MR) is 91.1 cm³/mol. The fraction of sp³-hybridized carbons (Fsp3) is 0.294. The Kier molecular flexibility index (Phi) is 5.10. The lowest BCUT2D eigenvalue weighted by Crippen LogP contribution is -2.18. The molecule has 3 rings (SSSR count). The monoisotopic (exact) mass is 331 g/mol. The number of aromatic nitrogens is 1. The van der Waals surface area contributed by atoms with Crippen molar-refractivity contribution >= 4 is 29.0 Å².